The lowest BCUT2D eigenvalue weighted by Crippen LogP contribution is -2.43. The molecule has 2 atom stereocenters. The van der Waals surface area contributed by atoms with Crippen LogP contribution >= 0.6 is 11.8 Å². The number of hydrogen-bond donors (Lipinski definition) is 1. The zero-order valence-electron chi connectivity index (χ0n) is 13.6. The van der Waals surface area contributed by atoms with Crippen LogP contribution in [0, 0.1) is 11.8 Å². The van der Waals surface area contributed by atoms with Crippen LogP contribution in [-0.4, -0.2) is 36.3 Å². The summed E-state index contributed by atoms with van der Waals surface area (Å²) in [6.07, 6.45) is 7.90. The van der Waals surface area contributed by atoms with Gasteiger partial charge in [-0.25, -0.2) is 0 Å². The minimum Gasteiger partial charge on any atom is -0.375 e. The average Bonchev–Trinajstić information content (AvgIpc) is 2.44. The van der Waals surface area contributed by atoms with Crippen molar-refractivity contribution in [2.24, 2.45) is 11.8 Å². The van der Waals surface area contributed by atoms with Crippen LogP contribution in [0.5, 0.6) is 0 Å². The topological polar surface area (TPSA) is 21.3 Å². The molecular weight excluding hydrogens is 266 g/mol. The molecule has 0 aromatic rings. The molecule has 0 bridgehead atoms. The van der Waals surface area contributed by atoms with E-state index < -0.39 is 0 Å². The highest BCUT2D eigenvalue weighted by molar-refractivity contribution is 7.99. The van der Waals surface area contributed by atoms with Gasteiger partial charge in [-0.15, -0.1) is 0 Å². The first-order valence-electron chi connectivity index (χ1n) is 8.60. The Morgan fingerprint density at radius 2 is 2.05 bits per heavy atom. The smallest absolute Gasteiger partial charge is 0.0700 e. The molecule has 2 heterocycles. The molecule has 1 N–H and O–H groups in total. The van der Waals surface area contributed by atoms with Gasteiger partial charge in [-0.2, -0.15) is 11.8 Å². The standard InChI is InChI=1S/C17H33NOS/c1-4-18-16(14(2)3)6-5-15-7-10-19-17(13-15)8-11-20-12-9-17/h14-16,18H,4-13H2,1-3H3. The van der Waals surface area contributed by atoms with Gasteiger partial charge in [0.2, 0.25) is 0 Å². The van der Waals surface area contributed by atoms with Gasteiger partial charge in [0.25, 0.3) is 0 Å². The molecule has 20 heavy (non-hydrogen) atoms. The van der Waals surface area contributed by atoms with Crippen molar-refractivity contribution in [2.75, 3.05) is 24.7 Å². The van der Waals surface area contributed by atoms with Crippen molar-refractivity contribution in [3.05, 3.63) is 0 Å². The molecule has 0 radical (unpaired) electrons. The lowest BCUT2D eigenvalue weighted by atomic mass is 9.79. The van der Waals surface area contributed by atoms with E-state index in [-0.39, 0.29) is 5.60 Å². The van der Waals surface area contributed by atoms with E-state index >= 15 is 0 Å². The van der Waals surface area contributed by atoms with Crippen LogP contribution < -0.4 is 5.32 Å². The third-order valence-corrected chi connectivity index (χ3v) is 6.14. The third kappa shape index (κ3) is 4.64. The van der Waals surface area contributed by atoms with Gasteiger partial charge in [-0.05, 0) is 68.4 Å². The Morgan fingerprint density at radius 3 is 2.70 bits per heavy atom. The van der Waals surface area contributed by atoms with Gasteiger partial charge in [-0.3, -0.25) is 0 Å². The fourth-order valence-corrected chi connectivity index (χ4v) is 5.05. The molecule has 2 fully saturated rings. The second-order valence-corrected chi connectivity index (χ2v) is 8.21. The Balaban J connectivity index is 1.80. The van der Waals surface area contributed by atoms with Gasteiger partial charge >= 0.3 is 0 Å². The van der Waals surface area contributed by atoms with Crippen molar-refractivity contribution >= 4 is 11.8 Å². The number of ether oxygens (including phenoxy) is 1. The van der Waals surface area contributed by atoms with E-state index in [0.29, 0.717) is 6.04 Å². The maximum atomic E-state index is 6.21. The maximum absolute atomic E-state index is 6.21. The Hall–Kier alpha value is 0.270. The monoisotopic (exact) mass is 299 g/mol. The summed E-state index contributed by atoms with van der Waals surface area (Å²) in [4.78, 5) is 0. The number of rotatable bonds is 6. The molecular formula is C17H33NOS. The molecule has 0 aromatic heterocycles. The van der Waals surface area contributed by atoms with Crippen LogP contribution in [0.15, 0.2) is 0 Å². The van der Waals surface area contributed by atoms with E-state index in [9.17, 15) is 0 Å². The second kappa shape index (κ2) is 8.05. The summed E-state index contributed by atoms with van der Waals surface area (Å²) in [7, 11) is 0. The summed E-state index contributed by atoms with van der Waals surface area (Å²) < 4.78 is 6.21. The first-order valence-corrected chi connectivity index (χ1v) is 9.76. The van der Waals surface area contributed by atoms with Crippen molar-refractivity contribution in [2.45, 2.75) is 70.9 Å². The molecule has 2 aliphatic rings. The fraction of sp³-hybridized carbons (Fsp3) is 1.00. The van der Waals surface area contributed by atoms with Gasteiger partial charge < -0.3 is 10.1 Å². The lowest BCUT2D eigenvalue weighted by Gasteiger charge is -2.43. The zero-order valence-corrected chi connectivity index (χ0v) is 14.4. The Labute approximate surface area is 129 Å². The molecule has 0 amide bonds. The summed E-state index contributed by atoms with van der Waals surface area (Å²) in [6, 6.07) is 0.695. The van der Waals surface area contributed by atoms with E-state index in [4.69, 9.17) is 4.74 Å². The van der Waals surface area contributed by atoms with E-state index in [1.807, 2.05) is 0 Å². The summed E-state index contributed by atoms with van der Waals surface area (Å²) >= 11 is 2.10. The van der Waals surface area contributed by atoms with Crippen molar-refractivity contribution in [1.29, 1.82) is 0 Å². The molecule has 3 heteroatoms. The maximum Gasteiger partial charge on any atom is 0.0700 e. The van der Waals surface area contributed by atoms with Crippen LogP contribution in [0.2, 0.25) is 0 Å². The van der Waals surface area contributed by atoms with Gasteiger partial charge in [0.15, 0.2) is 0 Å². The molecule has 0 aromatic carbocycles. The summed E-state index contributed by atoms with van der Waals surface area (Å²) in [5.74, 6) is 4.25. The van der Waals surface area contributed by atoms with Gasteiger partial charge in [0, 0.05) is 12.6 Å². The molecule has 2 aliphatic heterocycles. The minimum absolute atomic E-state index is 0.264. The third-order valence-electron chi connectivity index (χ3n) is 5.16. The van der Waals surface area contributed by atoms with Crippen LogP contribution in [0.4, 0.5) is 0 Å². The molecule has 2 unspecified atom stereocenters. The molecule has 2 saturated heterocycles. The van der Waals surface area contributed by atoms with E-state index in [1.54, 1.807) is 0 Å². The van der Waals surface area contributed by atoms with Crippen LogP contribution in [0.1, 0.15) is 59.3 Å². The fourth-order valence-electron chi connectivity index (χ4n) is 3.82. The van der Waals surface area contributed by atoms with Gasteiger partial charge in [0.05, 0.1) is 5.60 Å². The minimum atomic E-state index is 0.264. The van der Waals surface area contributed by atoms with Crippen molar-refractivity contribution < 1.29 is 4.74 Å². The Morgan fingerprint density at radius 1 is 1.30 bits per heavy atom. The van der Waals surface area contributed by atoms with Crippen LogP contribution in [-0.2, 0) is 4.74 Å². The largest absolute Gasteiger partial charge is 0.375 e. The predicted molar refractivity (Wildman–Crippen MR) is 89.5 cm³/mol. The molecule has 0 aliphatic carbocycles. The van der Waals surface area contributed by atoms with E-state index in [0.717, 1.165) is 25.0 Å². The second-order valence-electron chi connectivity index (χ2n) is 6.99. The highest BCUT2D eigenvalue weighted by atomic mass is 32.2. The lowest BCUT2D eigenvalue weighted by molar-refractivity contribution is -0.103. The zero-order chi connectivity index (χ0) is 14.4. The van der Waals surface area contributed by atoms with Crippen LogP contribution in [0.3, 0.4) is 0 Å². The predicted octanol–water partition coefficient (Wildman–Crippen LogP) is 4.09. The Kier molecular flexibility index (Phi) is 6.70. The van der Waals surface area contributed by atoms with E-state index in [1.165, 1.54) is 50.0 Å². The highest BCUT2D eigenvalue weighted by Gasteiger charge is 2.38. The number of nitrogens with one attached hydrogen (secondary N) is 1. The molecule has 1 spiro atoms. The first kappa shape index (κ1) is 16.6. The quantitative estimate of drug-likeness (QED) is 0.798. The molecule has 118 valence electrons. The van der Waals surface area contributed by atoms with Gasteiger partial charge in [-0.1, -0.05) is 20.8 Å². The summed E-state index contributed by atoms with van der Waals surface area (Å²) in [6.45, 7) is 9.01. The normalized spacial score (nSPS) is 27.9. The SMILES string of the molecule is CCNC(CCC1CCOC2(CCSCC2)C1)C(C)C. The number of hydrogen-bond acceptors (Lipinski definition) is 3. The van der Waals surface area contributed by atoms with Crippen LogP contribution in [0.25, 0.3) is 0 Å². The number of thioether (sulfide) groups is 1. The highest BCUT2D eigenvalue weighted by Crippen LogP contribution is 2.41. The van der Waals surface area contributed by atoms with Crippen molar-refractivity contribution in [3.63, 3.8) is 0 Å². The summed E-state index contributed by atoms with van der Waals surface area (Å²) in [5, 5.41) is 3.66. The Bertz CT molecular complexity index is 271. The molecule has 2 nitrogen and oxygen atoms in total. The van der Waals surface area contributed by atoms with Crippen molar-refractivity contribution in [1.82, 2.24) is 5.32 Å². The van der Waals surface area contributed by atoms with E-state index in [2.05, 4.69) is 37.8 Å². The van der Waals surface area contributed by atoms with Gasteiger partial charge in [0.1, 0.15) is 0 Å². The average molecular weight is 300 g/mol. The first-order chi connectivity index (χ1) is 9.65. The van der Waals surface area contributed by atoms with Crippen molar-refractivity contribution in [3.8, 4) is 0 Å². The molecule has 0 saturated carbocycles. The summed E-state index contributed by atoms with van der Waals surface area (Å²) in [5.41, 5.74) is 0.264. The molecule has 2 rings (SSSR count).